The number of ether oxygens (including phenoxy) is 2. The van der Waals surface area contributed by atoms with Crippen LogP contribution < -0.4 is 15.2 Å². The molecule has 0 saturated carbocycles. The Balaban J connectivity index is 3.21. The monoisotopic (exact) mass is 259 g/mol. The smallest absolute Gasteiger partial charge is 0.179 e. The molecule has 0 aliphatic rings. The lowest BCUT2D eigenvalue weighted by Crippen LogP contribution is -2.10. The van der Waals surface area contributed by atoms with Gasteiger partial charge < -0.3 is 15.2 Å². The predicted molar refractivity (Wildman–Crippen MR) is 69.7 cm³/mol. The van der Waals surface area contributed by atoms with Gasteiger partial charge in [0.15, 0.2) is 11.5 Å². The highest BCUT2D eigenvalue weighted by atomic mass is 35.5. The van der Waals surface area contributed by atoms with E-state index >= 15 is 0 Å². The van der Waals surface area contributed by atoms with Crippen LogP contribution in [-0.4, -0.2) is 18.2 Å². The van der Waals surface area contributed by atoms with Crippen molar-refractivity contribution in [1.82, 2.24) is 0 Å². The van der Waals surface area contributed by atoms with Crippen molar-refractivity contribution in [2.24, 2.45) is 5.73 Å². The van der Waals surface area contributed by atoms with Crippen molar-refractivity contribution in [2.75, 3.05) is 13.2 Å². The zero-order chi connectivity index (χ0) is 12.1. The predicted octanol–water partition coefficient (Wildman–Crippen LogP) is 2.77. The minimum atomic E-state index is 0.283. The van der Waals surface area contributed by atoms with Crippen LogP contribution in [0.25, 0.3) is 0 Å². The Labute approximate surface area is 105 Å². The number of nitrogens with two attached hydrogens (primary N) is 1. The summed E-state index contributed by atoms with van der Waals surface area (Å²) < 4.78 is 10.9. The van der Waals surface area contributed by atoms with Gasteiger partial charge >= 0.3 is 0 Å². The average Bonchev–Trinajstić information content (AvgIpc) is 2.23. The van der Waals surface area contributed by atoms with Crippen molar-refractivity contribution in [3.05, 3.63) is 22.7 Å². The Hall–Kier alpha value is -1.00. The topological polar surface area (TPSA) is 44.5 Å². The molecular formula is C11H14ClNO2S. The van der Waals surface area contributed by atoms with E-state index in [4.69, 9.17) is 39.0 Å². The Kier molecular flexibility index (Phi) is 4.83. The van der Waals surface area contributed by atoms with E-state index in [0.29, 0.717) is 35.3 Å². The molecule has 0 atom stereocenters. The van der Waals surface area contributed by atoms with Gasteiger partial charge in [0, 0.05) is 5.56 Å². The van der Waals surface area contributed by atoms with Crippen LogP contribution in [-0.2, 0) is 0 Å². The second-order valence-electron chi connectivity index (χ2n) is 3.02. The molecule has 0 aliphatic carbocycles. The lowest BCUT2D eigenvalue weighted by molar-refractivity contribution is 0.288. The first-order valence-corrected chi connectivity index (χ1v) is 5.77. The van der Waals surface area contributed by atoms with Gasteiger partial charge in [0.25, 0.3) is 0 Å². The van der Waals surface area contributed by atoms with E-state index in [1.807, 2.05) is 13.8 Å². The van der Waals surface area contributed by atoms with E-state index in [1.165, 1.54) is 0 Å². The number of halogens is 1. The van der Waals surface area contributed by atoms with Gasteiger partial charge in [0.2, 0.25) is 0 Å². The molecule has 5 heteroatoms. The standard InChI is InChI=1S/C11H14ClNO2S/c1-3-14-9-6-7(11(13)16)5-8(12)10(9)15-4-2/h5-6H,3-4H2,1-2H3,(H2,13,16). The summed E-state index contributed by atoms with van der Waals surface area (Å²) in [4.78, 5) is 0.283. The second kappa shape index (κ2) is 5.92. The molecular weight excluding hydrogens is 246 g/mol. The molecule has 0 aromatic heterocycles. The van der Waals surface area contributed by atoms with Crippen molar-refractivity contribution >= 4 is 28.8 Å². The molecule has 2 N–H and O–H groups in total. The van der Waals surface area contributed by atoms with E-state index in [-0.39, 0.29) is 4.99 Å². The van der Waals surface area contributed by atoms with Gasteiger partial charge in [-0.2, -0.15) is 0 Å². The highest BCUT2D eigenvalue weighted by Gasteiger charge is 2.13. The van der Waals surface area contributed by atoms with Gasteiger partial charge in [0.05, 0.1) is 18.2 Å². The van der Waals surface area contributed by atoms with Crippen molar-refractivity contribution < 1.29 is 9.47 Å². The van der Waals surface area contributed by atoms with E-state index < -0.39 is 0 Å². The Morgan fingerprint density at radius 1 is 1.31 bits per heavy atom. The highest BCUT2D eigenvalue weighted by Crippen LogP contribution is 2.36. The number of benzene rings is 1. The Bertz CT molecular complexity index is 396. The molecule has 3 nitrogen and oxygen atoms in total. The lowest BCUT2D eigenvalue weighted by atomic mass is 10.2. The fourth-order valence-corrected chi connectivity index (χ4v) is 1.64. The molecule has 1 aromatic carbocycles. The first-order valence-electron chi connectivity index (χ1n) is 4.99. The van der Waals surface area contributed by atoms with Gasteiger partial charge in [-0.15, -0.1) is 0 Å². The molecule has 0 fully saturated rings. The summed E-state index contributed by atoms with van der Waals surface area (Å²) in [5.41, 5.74) is 6.22. The third kappa shape index (κ3) is 3.00. The Morgan fingerprint density at radius 2 is 1.94 bits per heavy atom. The van der Waals surface area contributed by atoms with Crippen LogP contribution in [0, 0.1) is 0 Å². The summed E-state index contributed by atoms with van der Waals surface area (Å²) in [6.07, 6.45) is 0. The molecule has 0 unspecified atom stereocenters. The van der Waals surface area contributed by atoms with Gasteiger partial charge in [-0.3, -0.25) is 0 Å². The summed E-state index contributed by atoms with van der Waals surface area (Å²) in [6, 6.07) is 3.42. The Morgan fingerprint density at radius 3 is 2.44 bits per heavy atom. The van der Waals surface area contributed by atoms with E-state index in [1.54, 1.807) is 12.1 Å². The molecule has 16 heavy (non-hydrogen) atoms. The van der Waals surface area contributed by atoms with E-state index in [9.17, 15) is 0 Å². The average molecular weight is 260 g/mol. The first-order chi connectivity index (χ1) is 7.60. The normalized spacial score (nSPS) is 9.94. The quantitative estimate of drug-likeness (QED) is 0.826. The van der Waals surface area contributed by atoms with Crippen LogP contribution >= 0.6 is 23.8 Å². The first kappa shape index (κ1) is 13.1. The fraction of sp³-hybridized carbons (Fsp3) is 0.364. The number of rotatable bonds is 5. The molecule has 1 aromatic rings. The largest absolute Gasteiger partial charge is 0.490 e. The number of hydrogen-bond donors (Lipinski definition) is 1. The van der Waals surface area contributed by atoms with E-state index in [2.05, 4.69) is 0 Å². The van der Waals surface area contributed by atoms with Gasteiger partial charge in [-0.1, -0.05) is 23.8 Å². The fourth-order valence-electron chi connectivity index (χ4n) is 1.26. The van der Waals surface area contributed by atoms with Crippen molar-refractivity contribution in [2.45, 2.75) is 13.8 Å². The summed E-state index contributed by atoms with van der Waals surface area (Å²) in [6.45, 7) is 4.81. The summed E-state index contributed by atoms with van der Waals surface area (Å²) >= 11 is 11.0. The van der Waals surface area contributed by atoms with Crippen molar-refractivity contribution in [3.63, 3.8) is 0 Å². The molecule has 0 radical (unpaired) electrons. The molecule has 0 amide bonds. The van der Waals surface area contributed by atoms with Crippen molar-refractivity contribution in [3.8, 4) is 11.5 Å². The minimum Gasteiger partial charge on any atom is -0.490 e. The molecule has 0 saturated heterocycles. The highest BCUT2D eigenvalue weighted by molar-refractivity contribution is 7.80. The van der Waals surface area contributed by atoms with Crippen LogP contribution in [0.3, 0.4) is 0 Å². The maximum absolute atomic E-state index is 6.07. The molecule has 1 rings (SSSR count). The summed E-state index contributed by atoms with van der Waals surface area (Å²) in [5.74, 6) is 1.10. The van der Waals surface area contributed by atoms with Gasteiger partial charge in [-0.05, 0) is 26.0 Å². The third-order valence-corrected chi connectivity index (χ3v) is 2.40. The second-order valence-corrected chi connectivity index (χ2v) is 3.86. The molecule has 88 valence electrons. The van der Waals surface area contributed by atoms with Gasteiger partial charge in [-0.25, -0.2) is 0 Å². The minimum absolute atomic E-state index is 0.283. The van der Waals surface area contributed by atoms with Crippen molar-refractivity contribution in [1.29, 1.82) is 0 Å². The maximum atomic E-state index is 6.07. The van der Waals surface area contributed by atoms with Crippen LogP contribution in [0.1, 0.15) is 19.4 Å². The zero-order valence-corrected chi connectivity index (χ0v) is 10.8. The van der Waals surface area contributed by atoms with Crippen LogP contribution in [0.4, 0.5) is 0 Å². The molecule has 0 aliphatic heterocycles. The summed E-state index contributed by atoms with van der Waals surface area (Å²) in [7, 11) is 0. The maximum Gasteiger partial charge on any atom is 0.179 e. The van der Waals surface area contributed by atoms with E-state index in [0.717, 1.165) is 0 Å². The third-order valence-electron chi connectivity index (χ3n) is 1.88. The summed E-state index contributed by atoms with van der Waals surface area (Å²) in [5, 5.41) is 0.454. The number of thiocarbonyl (C=S) groups is 1. The molecule has 0 bridgehead atoms. The zero-order valence-electron chi connectivity index (χ0n) is 9.25. The lowest BCUT2D eigenvalue weighted by Gasteiger charge is -2.13. The number of hydrogen-bond acceptors (Lipinski definition) is 3. The molecule has 0 spiro atoms. The SMILES string of the molecule is CCOc1cc(C(N)=S)cc(Cl)c1OCC. The molecule has 0 heterocycles. The van der Waals surface area contributed by atoms with Crippen LogP contribution in [0.15, 0.2) is 12.1 Å². The van der Waals surface area contributed by atoms with Gasteiger partial charge in [0.1, 0.15) is 4.99 Å². The van der Waals surface area contributed by atoms with Crippen LogP contribution in [0.5, 0.6) is 11.5 Å². The van der Waals surface area contributed by atoms with Crippen LogP contribution in [0.2, 0.25) is 5.02 Å².